The van der Waals surface area contributed by atoms with Crippen molar-refractivity contribution in [2.24, 2.45) is 12.0 Å². The summed E-state index contributed by atoms with van der Waals surface area (Å²) in [5, 5.41) is 1.67. The van der Waals surface area contributed by atoms with E-state index in [-0.39, 0.29) is 5.56 Å². The van der Waals surface area contributed by atoms with Crippen molar-refractivity contribution in [3.63, 3.8) is 0 Å². The Labute approximate surface area is 222 Å². The van der Waals surface area contributed by atoms with Gasteiger partial charge in [-0.2, -0.15) is 0 Å². The third-order valence-corrected chi connectivity index (χ3v) is 6.89. The molecule has 0 amide bonds. The maximum Gasteiger partial charge on any atom is 0.258 e. The average Bonchev–Trinajstić information content (AvgIpc) is 2.88. The molecule has 3 aromatic rings. The minimum Gasteiger partial charge on any atom is -0.492 e. The van der Waals surface area contributed by atoms with Crippen LogP contribution in [0.3, 0.4) is 0 Å². The average molecular weight is 521 g/mol. The fourth-order valence-electron chi connectivity index (χ4n) is 4.89. The number of ether oxygens (including phenoxy) is 2. The van der Waals surface area contributed by atoms with Crippen LogP contribution in [0.1, 0.15) is 57.0 Å². The predicted molar refractivity (Wildman–Crippen MR) is 151 cm³/mol. The van der Waals surface area contributed by atoms with Crippen molar-refractivity contribution < 1.29 is 14.3 Å². The van der Waals surface area contributed by atoms with Gasteiger partial charge in [-0.05, 0) is 68.7 Å². The van der Waals surface area contributed by atoms with Gasteiger partial charge >= 0.3 is 0 Å². The quantitative estimate of drug-likeness (QED) is 0.281. The first-order chi connectivity index (χ1) is 17.6. The van der Waals surface area contributed by atoms with Crippen molar-refractivity contribution in [1.29, 1.82) is 0 Å². The number of rotatable bonds is 6. The smallest absolute Gasteiger partial charge is 0.258 e. The monoisotopic (exact) mass is 520 g/mol. The van der Waals surface area contributed by atoms with E-state index in [9.17, 15) is 9.59 Å². The lowest BCUT2D eigenvalue weighted by atomic mass is 9.91. The number of hydrogen-bond acceptors (Lipinski definition) is 5. The molecule has 1 aromatic heterocycles. The second-order valence-electron chi connectivity index (χ2n) is 10.2. The van der Waals surface area contributed by atoms with Gasteiger partial charge in [-0.25, -0.2) is 0 Å². The van der Waals surface area contributed by atoms with Crippen LogP contribution in [-0.4, -0.2) is 36.3 Å². The van der Waals surface area contributed by atoms with Crippen molar-refractivity contribution in [1.82, 2.24) is 4.57 Å². The molecule has 0 aliphatic carbocycles. The Kier molecular flexibility index (Phi) is 7.72. The SMILES string of the molecule is C/C=C(\C=NC)c1ccc2c(-c3ccc4c(c3Cl)OCCC4)c([C@H](C=O)OC(C)(C)C)n(C)c(=O)c2c1. The fraction of sp³-hybridized carbons (Fsp3) is 0.367. The molecular weight excluding hydrogens is 488 g/mol. The highest BCUT2D eigenvalue weighted by atomic mass is 35.5. The Morgan fingerprint density at radius 2 is 1.97 bits per heavy atom. The Morgan fingerprint density at radius 1 is 1.22 bits per heavy atom. The van der Waals surface area contributed by atoms with Gasteiger partial charge in [-0.1, -0.05) is 41.9 Å². The van der Waals surface area contributed by atoms with Gasteiger partial charge in [0.25, 0.3) is 5.56 Å². The molecule has 0 radical (unpaired) electrons. The number of benzene rings is 2. The van der Waals surface area contributed by atoms with E-state index in [0.717, 1.165) is 35.8 Å². The molecule has 0 fully saturated rings. The van der Waals surface area contributed by atoms with E-state index in [2.05, 4.69) is 4.99 Å². The van der Waals surface area contributed by atoms with Gasteiger partial charge in [0.05, 0.1) is 22.9 Å². The molecule has 0 saturated carbocycles. The van der Waals surface area contributed by atoms with Crippen LogP contribution in [0, 0.1) is 0 Å². The van der Waals surface area contributed by atoms with Crippen molar-refractivity contribution in [3.8, 4) is 16.9 Å². The van der Waals surface area contributed by atoms with Crippen LogP contribution >= 0.6 is 11.6 Å². The molecule has 0 bridgehead atoms. The number of halogens is 1. The minimum absolute atomic E-state index is 0.228. The van der Waals surface area contributed by atoms with E-state index in [4.69, 9.17) is 21.1 Å². The lowest BCUT2D eigenvalue weighted by molar-refractivity contribution is -0.129. The Morgan fingerprint density at radius 3 is 2.62 bits per heavy atom. The van der Waals surface area contributed by atoms with Gasteiger partial charge in [-0.15, -0.1) is 0 Å². The van der Waals surface area contributed by atoms with Crippen molar-refractivity contribution in [3.05, 3.63) is 68.6 Å². The molecule has 37 heavy (non-hydrogen) atoms. The molecule has 4 rings (SSSR count). The Balaban J connectivity index is 2.12. The van der Waals surface area contributed by atoms with Gasteiger partial charge in [0, 0.05) is 36.8 Å². The van der Waals surface area contributed by atoms with Gasteiger partial charge in [0.2, 0.25) is 0 Å². The zero-order valence-electron chi connectivity index (χ0n) is 22.2. The second kappa shape index (κ2) is 10.6. The van der Waals surface area contributed by atoms with Crippen LogP contribution in [0.4, 0.5) is 0 Å². The maximum atomic E-state index is 13.7. The molecule has 2 aromatic carbocycles. The fourth-order valence-corrected chi connectivity index (χ4v) is 5.23. The summed E-state index contributed by atoms with van der Waals surface area (Å²) in [6.45, 7) is 8.15. The van der Waals surface area contributed by atoms with E-state index in [1.807, 2.05) is 64.1 Å². The molecule has 0 N–H and O–H groups in total. The molecule has 2 heterocycles. The number of carbonyl (C=O) groups is 1. The number of aliphatic imine (C=N–C) groups is 1. The third-order valence-electron chi connectivity index (χ3n) is 6.51. The standard InChI is InChI=1S/C30H33ClN2O4/c1-7-18(16-32-5)20-11-12-21-23(15-20)29(35)33(6)27(24(17-34)37-30(2,3)4)25(21)22-13-10-19-9-8-14-36-28(19)26(22)31/h7,10-13,15-17,24H,8-9,14H2,1-6H3/b18-7+,32-16?/t24-/m0/s1. The normalized spacial score (nSPS) is 15.1. The lowest BCUT2D eigenvalue weighted by Gasteiger charge is -2.29. The number of nitrogens with zero attached hydrogens (tertiary/aromatic N) is 2. The van der Waals surface area contributed by atoms with Crippen molar-refractivity contribution in [2.75, 3.05) is 13.7 Å². The summed E-state index contributed by atoms with van der Waals surface area (Å²) in [6, 6.07) is 9.70. The zero-order valence-corrected chi connectivity index (χ0v) is 23.0. The molecule has 6 nitrogen and oxygen atoms in total. The Hall–Kier alpha value is -3.22. The van der Waals surface area contributed by atoms with Gasteiger partial charge in [-0.3, -0.25) is 9.79 Å². The van der Waals surface area contributed by atoms with Crippen molar-refractivity contribution >= 4 is 40.4 Å². The number of hydrogen-bond donors (Lipinski definition) is 0. The first-order valence-electron chi connectivity index (χ1n) is 12.4. The van der Waals surface area contributed by atoms with E-state index in [1.54, 1.807) is 20.3 Å². The van der Waals surface area contributed by atoms with Crippen LogP contribution in [0.25, 0.3) is 27.5 Å². The Bertz CT molecular complexity index is 1480. The van der Waals surface area contributed by atoms with Gasteiger partial charge in [0.15, 0.2) is 12.4 Å². The first kappa shape index (κ1) is 26.8. The summed E-state index contributed by atoms with van der Waals surface area (Å²) in [5.41, 5.74) is 3.79. The topological polar surface area (TPSA) is 69.9 Å². The summed E-state index contributed by atoms with van der Waals surface area (Å²) in [7, 11) is 3.38. The predicted octanol–water partition coefficient (Wildman–Crippen LogP) is 6.34. The number of carbonyl (C=O) groups excluding carboxylic acids is 1. The second-order valence-corrected chi connectivity index (χ2v) is 10.5. The minimum atomic E-state index is -0.983. The highest BCUT2D eigenvalue weighted by Crippen LogP contribution is 2.45. The summed E-state index contributed by atoms with van der Waals surface area (Å²) < 4.78 is 13.6. The van der Waals surface area contributed by atoms with E-state index in [1.165, 1.54) is 4.57 Å². The number of aromatic nitrogens is 1. The molecule has 0 saturated heterocycles. The molecule has 1 aliphatic rings. The molecule has 7 heteroatoms. The first-order valence-corrected chi connectivity index (χ1v) is 12.8. The van der Waals surface area contributed by atoms with E-state index >= 15 is 0 Å². The largest absolute Gasteiger partial charge is 0.492 e. The van der Waals surface area contributed by atoms with Gasteiger partial charge in [0.1, 0.15) is 5.75 Å². The van der Waals surface area contributed by atoms with Crippen LogP contribution < -0.4 is 10.3 Å². The van der Waals surface area contributed by atoms with Crippen LogP contribution in [0.5, 0.6) is 5.75 Å². The summed E-state index contributed by atoms with van der Waals surface area (Å²) in [5.74, 6) is 0.657. The van der Waals surface area contributed by atoms with Crippen molar-refractivity contribution in [2.45, 2.75) is 52.2 Å². The molecule has 0 unspecified atom stereocenters. The maximum absolute atomic E-state index is 13.7. The van der Waals surface area contributed by atoms with Crippen LogP contribution in [-0.2, 0) is 23.0 Å². The van der Waals surface area contributed by atoms with Crippen LogP contribution in [0.2, 0.25) is 5.02 Å². The highest BCUT2D eigenvalue weighted by molar-refractivity contribution is 6.35. The highest BCUT2D eigenvalue weighted by Gasteiger charge is 2.30. The number of allylic oxidation sites excluding steroid dienone is 2. The summed E-state index contributed by atoms with van der Waals surface area (Å²) in [4.78, 5) is 30.3. The number of aldehydes is 1. The molecule has 0 spiro atoms. The van der Waals surface area contributed by atoms with Gasteiger partial charge < -0.3 is 18.8 Å². The number of pyridine rings is 1. The zero-order chi connectivity index (χ0) is 26.9. The number of fused-ring (bicyclic) bond motifs is 2. The molecular formula is C30H33ClN2O4. The van der Waals surface area contributed by atoms with E-state index < -0.39 is 11.7 Å². The number of aryl methyl sites for hydroxylation is 1. The molecule has 1 atom stereocenters. The van der Waals surface area contributed by atoms with Crippen LogP contribution in [0.15, 0.2) is 46.2 Å². The molecule has 1 aliphatic heterocycles. The summed E-state index contributed by atoms with van der Waals surface area (Å²) in [6.07, 6.45) is 5.28. The summed E-state index contributed by atoms with van der Waals surface area (Å²) >= 11 is 6.98. The van der Waals surface area contributed by atoms with E-state index in [0.29, 0.717) is 45.0 Å². The third kappa shape index (κ3) is 5.13. The lowest BCUT2D eigenvalue weighted by Crippen LogP contribution is -2.30. The molecule has 194 valence electrons.